The van der Waals surface area contributed by atoms with E-state index in [9.17, 15) is 83.7 Å². The summed E-state index contributed by atoms with van der Waals surface area (Å²) >= 11 is 0. The van der Waals surface area contributed by atoms with E-state index >= 15 is 0 Å². The van der Waals surface area contributed by atoms with Crippen molar-refractivity contribution < 1.29 is 88.8 Å². The van der Waals surface area contributed by atoms with Crippen LogP contribution in [-0.4, -0.2) is 239 Å². The Bertz CT molecular complexity index is 2360. The van der Waals surface area contributed by atoms with Crippen molar-refractivity contribution in [2.24, 2.45) is 5.92 Å². The Balaban J connectivity index is 1.61. The lowest BCUT2D eigenvalue weighted by molar-refractivity contribution is -0.144. The fourth-order valence-corrected chi connectivity index (χ4v) is 8.80. The Labute approximate surface area is 450 Å². The number of nitrogens with one attached hydrogen (secondary N) is 2. The van der Waals surface area contributed by atoms with E-state index in [1.165, 1.54) is 0 Å². The van der Waals surface area contributed by atoms with Crippen molar-refractivity contribution >= 4 is 65.5 Å². The molecule has 0 radical (unpaired) electrons. The Morgan fingerprint density at radius 2 is 1.06 bits per heavy atom. The third-order valence-electron chi connectivity index (χ3n) is 12.9. The SMILES string of the molecule is CN(C)c1nc(CCCCC[C@H](CC(=O)CCCC[C@H](NC(=O)N[C@@H](CCC(=O)O)C(=O)O)C(=O)O)C(=O)O)nc(Cc2ccc(CC3CN(CC(=O)O)CCN(CC(=O)O)CCN(CC(=O)O)CCN3CC(=O)O)cc2)n1. The van der Waals surface area contributed by atoms with Gasteiger partial charge in [0.15, 0.2) is 0 Å². The molecule has 78 heavy (non-hydrogen) atoms. The number of carboxylic acids is 8. The summed E-state index contributed by atoms with van der Waals surface area (Å²) in [7, 11) is 3.57. The van der Waals surface area contributed by atoms with Crippen LogP contribution in [0.15, 0.2) is 24.3 Å². The van der Waals surface area contributed by atoms with Crippen LogP contribution in [0.2, 0.25) is 0 Å². The topological polar surface area (TPSA) is 411 Å². The smallest absolute Gasteiger partial charge is 0.326 e. The zero-order valence-electron chi connectivity index (χ0n) is 44.0. The molecule has 0 spiro atoms. The normalized spacial score (nSPS) is 16.3. The molecule has 2 heterocycles. The standard InChI is InChI=1S/C50H74N10O18/c1-56(2)49-54-39(11-5-3-4-8-34(46(72)73)26-36(61)9-6-7-10-37(47(74)75)51-50(78)52-38(48(76)77)16-17-41(62)63)53-40(55-49)25-33-14-12-32(13-15-33)24-35-27-59(30-44(68)69)21-20-57(28-42(64)65)18-19-58(29-43(66)67)22-23-60(35)31-45(70)71/h12-15,34-35,37-38H,3-11,16-31H2,1-2H3,(H,62,63)(H,64,65)(H,66,67)(H,68,69)(H,70,71)(H,72,73)(H,74,75)(H,76,77)(H2,51,52,78)/t34-,35?,37+,38+/m1/s1. The summed E-state index contributed by atoms with van der Waals surface area (Å²) in [5.41, 5.74) is 1.66. The number of ketones is 1. The minimum absolute atomic E-state index is 0.0293. The van der Waals surface area contributed by atoms with Gasteiger partial charge in [-0.1, -0.05) is 43.5 Å². The molecule has 28 heteroatoms. The molecule has 1 aliphatic heterocycles. The number of aliphatic carboxylic acids is 8. The molecule has 432 valence electrons. The lowest BCUT2D eigenvalue weighted by Gasteiger charge is -2.37. The summed E-state index contributed by atoms with van der Waals surface area (Å²) in [5.74, 6) is -9.57. The van der Waals surface area contributed by atoms with Crippen LogP contribution < -0.4 is 15.5 Å². The summed E-state index contributed by atoms with van der Waals surface area (Å²) in [4.78, 5) is 141. The number of anilines is 1. The maximum absolute atomic E-state index is 12.8. The quantitative estimate of drug-likeness (QED) is 0.0424. The number of urea groups is 1. The van der Waals surface area contributed by atoms with Gasteiger partial charge in [-0.15, -0.1) is 0 Å². The van der Waals surface area contributed by atoms with Crippen LogP contribution in [0.5, 0.6) is 0 Å². The Morgan fingerprint density at radius 3 is 1.60 bits per heavy atom. The average molecular weight is 1100 g/mol. The van der Waals surface area contributed by atoms with Crippen molar-refractivity contribution in [3.05, 3.63) is 47.0 Å². The molecule has 4 atom stereocenters. The lowest BCUT2D eigenvalue weighted by Crippen LogP contribution is -2.53. The van der Waals surface area contributed by atoms with Gasteiger partial charge in [0.25, 0.3) is 0 Å². The number of nitrogens with zero attached hydrogens (tertiary/aromatic N) is 8. The molecule has 0 bridgehead atoms. The predicted octanol–water partition coefficient (Wildman–Crippen LogP) is 0.393. The minimum Gasteiger partial charge on any atom is -0.481 e. The molecular formula is C50H74N10O18. The van der Waals surface area contributed by atoms with Crippen molar-refractivity contribution in [3.8, 4) is 0 Å². The van der Waals surface area contributed by atoms with Crippen LogP contribution in [0.1, 0.15) is 93.4 Å². The van der Waals surface area contributed by atoms with Crippen LogP contribution in [-0.2, 0) is 62.4 Å². The largest absolute Gasteiger partial charge is 0.481 e. The summed E-state index contributed by atoms with van der Waals surface area (Å²) in [5, 5.41) is 80.6. The molecule has 1 saturated heterocycles. The van der Waals surface area contributed by atoms with Gasteiger partial charge in [-0.05, 0) is 49.7 Å². The number of rotatable bonds is 34. The van der Waals surface area contributed by atoms with E-state index in [0.29, 0.717) is 56.1 Å². The number of aromatic nitrogens is 3. The predicted molar refractivity (Wildman–Crippen MR) is 275 cm³/mol. The average Bonchev–Trinajstić information content (AvgIpc) is 3.34. The van der Waals surface area contributed by atoms with Crippen LogP contribution >= 0.6 is 0 Å². The van der Waals surface area contributed by atoms with Crippen molar-refractivity contribution in [3.63, 3.8) is 0 Å². The van der Waals surface area contributed by atoms with E-state index < -0.39 is 97.2 Å². The first-order chi connectivity index (χ1) is 36.9. The third kappa shape index (κ3) is 26.1. The fourth-order valence-electron chi connectivity index (χ4n) is 8.80. The number of benzene rings is 1. The molecule has 1 aliphatic rings. The number of aryl methyl sites for hydroxylation is 1. The number of carboxylic acid groups (broad SMARTS) is 8. The van der Waals surface area contributed by atoms with Crippen molar-refractivity contribution in [2.45, 2.75) is 108 Å². The second kappa shape index (κ2) is 33.7. The van der Waals surface area contributed by atoms with Crippen LogP contribution in [0.25, 0.3) is 0 Å². The monoisotopic (exact) mass is 1100 g/mol. The highest BCUT2D eigenvalue weighted by atomic mass is 16.4. The molecule has 1 fully saturated rings. The number of amides is 2. The van der Waals surface area contributed by atoms with Crippen molar-refractivity contribution in [1.29, 1.82) is 0 Å². The fraction of sp³-hybridized carbons (Fsp3) is 0.620. The lowest BCUT2D eigenvalue weighted by atomic mass is 9.93. The highest BCUT2D eigenvalue weighted by Crippen LogP contribution is 2.20. The Morgan fingerprint density at radius 1 is 0.551 bits per heavy atom. The maximum Gasteiger partial charge on any atom is 0.326 e. The number of Topliss-reactive ketones (excluding diaryl/α,β-unsaturated/α-hetero) is 1. The van der Waals surface area contributed by atoms with Crippen LogP contribution in [0, 0.1) is 5.92 Å². The molecule has 1 aromatic carbocycles. The van der Waals surface area contributed by atoms with Gasteiger partial charge >= 0.3 is 53.8 Å². The number of carbonyl (C=O) groups excluding carboxylic acids is 2. The van der Waals surface area contributed by atoms with Gasteiger partial charge in [0.05, 0.1) is 32.1 Å². The third-order valence-corrected chi connectivity index (χ3v) is 12.9. The number of unbranched alkanes of at least 4 members (excludes halogenated alkanes) is 3. The molecule has 0 saturated carbocycles. The summed E-state index contributed by atoms with van der Waals surface area (Å²) in [6, 6.07) is 2.87. The van der Waals surface area contributed by atoms with Gasteiger partial charge in [-0.2, -0.15) is 9.97 Å². The van der Waals surface area contributed by atoms with E-state index in [1.54, 1.807) is 38.6 Å². The van der Waals surface area contributed by atoms with Crippen LogP contribution in [0.3, 0.4) is 0 Å². The summed E-state index contributed by atoms with van der Waals surface area (Å²) in [6.07, 6.45) is 2.02. The van der Waals surface area contributed by atoms with Gasteiger partial charge in [0.2, 0.25) is 5.95 Å². The molecule has 10 N–H and O–H groups in total. The van der Waals surface area contributed by atoms with E-state index in [1.807, 2.05) is 29.6 Å². The summed E-state index contributed by atoms with van der Waals surface area (Å²) in [6.45, 7) is -0.302. The molecule has 2 aromatic rings. The minimum atomic E-state index is -1.56. The van der Waals surface area contributed by atoms with E-state index in [2.05, 4.69) is 15.3 Å². The Hall–Kier alpha value is -7.43. The van der Waals surface area contributed by atoms with Gasteiger partial charge < -0.3 is 56.4 Å². The van der Waals surface area contributed by atoms with Crippen molar-refractivity contribution in [1.82, 2.24) is 45.2 Å². The highest BCUT2D eigenvalue weighted by molar-refractivity contribution is 5.86. The van der Waals surface area contributed by atoms with Gasteiger partial charge in [0.1, 0.15) is 29.5 Å². The van der Waals surface area contributed by atoms with Gasteiger partial charge in [0, 0.05) is 98.1 Å². The number of carbonyl (C=O) groups is 10. The maximum atomic E-state index is 12.8. The van der Waals surface area contributed by atoms with Gasteiger partial charge in [-0.25, -0.2) is 19.4 Å². The molecule has 28 nitrogen and oxygen atoms in total. The molecule has 0 aliphatic carbocycles. The van der Waals surface area contributed by atoms with E-state index in [-0.39, 0.29) is 110 Å². The zero-order chi connectivity index (χ0) is 57.9. The zero-order valence-corrected chi connectivity index (χ0v) is 44.0. The molecule has 2 amide bonds. The first-order valence-electron chi connectivity index (χ1n) is 25.6. The molecule has 1 aromatic heterocycles. The molecular weight excluding hydrogens is 1030 g/mol. The van der Waals surface area contributed by atoms with E-state index in [4.69, 9.17) is 10.1 Å². The number of hydrogen-bond donors (Lipinski definition) is 10. The summed E-state index contributed by atoms with van der Waals surface area (Å²) < 4.78 is 0. The second-order valence-corrected chi connectivity index (χ2v) is 19.5. The van der Waals surface area contributed by atoms with Gasteiger partial charge in [-0.3, -0.25) is 53.2 Å². The Kier molecular flexibility index (Phi) is 28.0. The molecule has 1 unspecified atom stereocenters. The molecule has 3 rings (SSSR count). The van der Waals surface area contributed by atoms with E-state index in [0.717, 1.165) is 11.1 Å². The first-order valence-corrected chi connectivity index (χ1v) is 25.6. The first kappa shape index (κ1) is 64.9. The second-order valence-electron chi connectivity index (χ2n) is 19.5. The number of hydrogen-bond acceptors (Lipinski definition) is 18. The van der Waals surface area contributed by atoms with Crippen molar-refractivity contribution in [2.75, 3.05) is 91.0 Å². The highest BCUT2D eigenvalue weighted by Gasteiger charge is 2.29. The van der Waals surface area contributed by atoms with Crippen LogP contribution in [0.4, 0.5) is 10.7 Å².